The molecule has 13 heteroatoms. The fraction of sp³-hybridized carbons (Fsp3) is 0.475. The van der Waals surface area contributed by atoms with Gasteiger partial charge in [0.05, 0.1) is 31.7 Å². The molecule has 7 rings (SSSR count). The summed E-state index contributed by atoms with van der Waals surface area (Å²) in [5.41, 5.74) is 6.19. The van der Waals surface area contributed by atoms with E-state index in [4.69, 9.17) is 40.0 Å². The van der Waals surface area contributed by atoms with Crippen LogP contribution in [0.3, 0.4) is 0 Å². The average Bonchev–Trinajstić information content (AvgIpc) is 3.65. The number of carbonyl (C=O) groups is 2. The minimum Gasteiger partial charge on any atom is -0.493 e. The smallest absolute Gasteiger partial charge is 0.312 e. The van der Waals surface area contributed by atoms with E-state index in [9.17, 15) is 14.9 Å². The number of nitriles is 1. The lowest BCUT2D eigenvalue weighted by Gasteiger charge is -2.60. The van der Waals surface area contributed by atoms with E-state index in [-0.39, 0.29) is 56.5 Å². The van der Waals surface area contributed by atoms with E-state index >= 15 is 0 Å². The van der Waals surface area contributed by atoms with Crippen molar-refractivity contribution in [1.82, 2.24) is 15.1 Å². The normalized spacial score (nSPS) is 22.5. The molecule has 0 saturated carbocycles. The first-order chi connectivity index (χ1) is 25.7. The molecule has 5 atom stereocenters. The molecule has 1 amide bonds. The van der Waals surface area contributed by atoms with Gasteiger partial charge in [0.2, 0.25) is 12.7 Å². The number of nitrogens with one attached hydrogen (secondary N) is 1. The molecule has 3 aromatic rings. The van der Waals surface area contributed by atoms with Gasteiger partial charge in [-0.05, 0) is 56.8 Å². The lowest BCUT2D eigenvalue weighted by Crippen LogP contribution is -2.68. The van der Waals surface area contributed by atoms with Crippen LogP contribution in [0.2, 0.25) is 0 Å². The molecule has 0 radical (unpaired) electrons. The molecule has 0 aromatic heterocycles. The number of halogens is 1. The fourth-order valence-electron chi connectivity index (χ4n) is 8.85. The summed E-state index contributed by atoms with van der Waals surface area (Å²) in [6, 6.07) is 12.8. The van der Waals surface area contributed by atoms with Crippen molar-refractivity contribution in [3.05, 3.63) is 75.3 Å². The molecule has 1 fully saturated rings. The highest BCUT2D eigenvalue weighted by Gasteiger charge is 2.57. The summed E-state index contributed by atoms with van der Waals surface area (Å²) in [5.74, 6) is 2.17. The van der Waals surface area contributed by atoms with Crippen molar-refractivity contribution in [1.29, 1.82) is 5.26 Å². The molecule has 2 bridgehead atoms. The summed E-state index contributed by atoms with van der Waals surface area (Å²) in [7, 11) is 5.25. The van der Waals surface area contributed by atoms with E-state index in [0.717, 1.165) is 33.4 Å². The van der Waals surface area contributed by atoms with E-state index in [1.807, 2.05) is 44.2 Å². The zero-order valence-electron chi connectivity index (χ0n) is 30.7. The number of hydrogen-bond acceptors (Lipinski definition) is 11. The Bertz CT molecular complexity index is 1930. The predicted molar refractivity (Wildman–Crippen MR) is 196 cm³/mol. The van der Waals surface area contributed by atoms with Crippen LogP contribution in [0.5, 0.6) is 28.7 Å². The van der Waals surface area contributed by atoms with Crippen LogP contribution < -0.4 is 29.0 Å². The Kier molecular flexibility index (Phi) is 10.7. The molecule has 280 valence electrons. The number of amides is 1. The third-order valence-corrected chi connectivity index (χ3v) is 11.2. The van der Waals surface area contributed by atoms with Crippen molar-refractivity contribution in [2.24, 2.45) is 0 Å². The summed E-state index contributed by atoms with van der Waals surface area (Å²) in [6.07, 6.45) is 1.89. The highest BCUT2D eigenvalue weighted by Crippen LogP contribution is 2.58. The fourth-order valence-corrected chi connectivity index (χ4v) is 9.00. The maximum atomic E-state index is 13.5. The standard InChI is InChI=1S/C40H45ClN4O8/c1-22-15-25-16-27-29(18-42)45-28(35(44(27)3)33(25)39(36(22)49-5)50-20-48-4)17-26-34(30(45)19-43-31(46)12-11-24-9-7-6-8-10-24)40-38(51-21-52-40)23(2)37(26)53-32(47)13-14-41/h6-10,15,27-30,35H,11-14,16-17,19-21H2,1-5H3,(H,43,46)/t27-,28?,29-,30-,35-/m0/s1. The molecule has 53 heavy (non-hydrogen) atoms. The van der Waals surface area contributed by atoms with Crippen LogP contribution in [-0.2, 0) is 33.6 Å². The molecule has 12 nitrogen and oxygen atoms in total. The topological polar surface area (TPSA) is 132 Å². The van der Waals surface area contributed by atoms with Crippen molar-refractivity contribution < 1.29 is 38.0 Å². The van der Waals surface area contributed by atoms with E-state index in [1.54, 1.807) is 14.2 Å². The molecular formula is C40H45ClN4O8. The van der Waals surface area contributed by atoms with Gasteiger partial charge in [-0.15, -0.1) is 11.6 Å². The summed E-state index contributed by atoms with van der Waals surface area (Å²) in [4.78, 5) is 31.2. The predicted octanol–water partition coefficient (Wildman–Crippen LogP) is 5.08. The van der Waals surface area contributed by atoms with Crippen LogP contribution in [0, 0.1) is 25.2 Å². The second-order valence-corrected chi connectivity index (χ2v) is 14.4. The molecule has 3 aromatic carbocycles. The van der Waals surface area contributed by atoms with Gasteiger partial charge < -0.3 is 33.7 Å². The molecular weight excluding hydrogens is 700 g/mol. The van der Waals surface area contributed by atoms with E-state index in [0.29, 0.717) is 60.0 Å². The number of nitrogens with zero attached hydrogens (tertiary/aromatic N) is 3. The lowest BCUT2D eigenvalue weighted by atomic mass is 9.71. The van der Waals surface area contributed by atoms with Gasteiger partial charge in [-0.3, -0.25) is 19.4 Å². The number of likely N-dealkylation sites (N-methyl/N-ethyl adjacent to an activating group) is 1. The van der Waals surface area contributed by atoms with Gasteiger partial charge in [0.25, 0.3) is 0 Å². The molecule has 4 aliphatic heterocycles. The number of ether oxygens (including phenoxy) is 6. The van der Waals surface area contributed by atoms with Crippen LogP contribution >= 0.6 is 11.6 Å². The van der Waals surface area contributed by atoms with Crippen molar-refractivity contribution in [2.75, 3.05) is 47.3 Å². The van der Waals surface area contributed by atoms with Gasteiger partial charge in [-0.2, -0.15) is 5.26 Å². The zero-order valence-corrected chi connectivity index (χ0v) is 31.5. The largest absolute Gasteiger partial charge is 0.493 e. The van der Waals surface area contributed by atoms with Crippen LogP contribution in [-0.4, -0.2) is 87.1 Å². The van der Waals surface area contributed by atoms with E-state index in [1.165, 1.54) is 0 Å². The molecule has 1 unspecified atom stereocenters. The number of hydrogen-bond donors (Lipinski definition) is 1. The van der Waals surface area contributed by atoms with Crippen molar-refractivity contribution in [3.8, 4) is 34.8 Å². The van der Waals surface area contributed by atoms with Crippen LogP contribution in [0.4, 0.5) is 0 Å². The average molecular weight is 745 g/mol. The second kappa shape index (κ2) is 15.4. The summed E-state index contributed by atoms with van der Waals surface area (Å²) in [6.45, 7) is 4.03. The molecule has 4 heterocycles. The Morgan fingerprint density at radius 3 is 2.51 bits per heavy atom. The number of rotatable bonds is 12. The van der Waals surface area contributed by atoms with Crippen molar-refractivity contribution in [2.45, 2.75) is 76.2 Å². The van der Waals surface area contributed by atoms with E-state index < -0.39 is 18.1 Å². The quantitative estimate of drug-likeness (QED) is 0.115. The van der Waals surface area contributed by atoms with Gasteiger partial charge in [0.1, 0.15) is 11.8 Å². The van der Waals surface area contributed by atoms with E-state index in [2.05, 4.69) is 34.3 Å². The van der Waals surface area contributed by atoms with Crippen LogP contribution in [0.1, 0.15) is 63.9 Å². The second-order valence-electron chi connectivity index (χ2n) is 14.0. The van der Waals surface area contributed by atoms with Gasteiger partial charge >= 0.3 is 5.97 Å². The molecule has 0 spiro atoms. The van der Waals surface area contributed by atoms with Gasteiger partial charge in [0.15, 0.2) is 29.8 Å². The van der Waals surface area contributed by atoms with Crippen molar-refractivity contribution in [3.63, 3.8) is 0 Å². The first-order valence-corrected chi connectivity index (χ1v) is 18.5. The summed E-state index contributed by atoms with van der Waals surface area (Å²) < 4.78 is 35.9. The number of benzene rings is 3. The third kappa shape index (κ3) is 6.54. The monoisotopic (exact) mass is 744 g/mol. The number of esters is 1. The number of aryl methyl sites for hydroxylation is 2. The Hall–Kier alpha value is -4.54. The Morgan fingerprint density at radius 2 is 1.79 bits per heavy atom. The third-order valence-electron chi connectivity index (χ3n) is 11.1. The zero-order chi connectivity index (χ0) is 37.4. The van der Waals surface area contributed by atoms with Crippen molar-refractivity contribution >= 4 is 23.5 Å². The summed E-state index contributed by atoms with van der Waals surface area (Å²) in [5, 5.41) is 14.2. The highest BCUT2D eigenvalue weighted by molar-refractivity contribution is 6.18. The summed E-state index contributed by atoms with van der Waals surface area (Å²) >= 11 is 5.97. The first kappa shape index (κ1) is 36.8. The first-order valence-electron chi connectivity index (χ1n) is 18.0. The number of methoxy groups -OCH3 is 2. The van der Waals surface area contributed by atoms with Gasteiger partial charge in [-0.25, -0.2) is 0 Å². The molecule has 1 N–H and O–H groups in total. The number of alkyl halides is 1. The number of fused-ring (bicyclic) bond motifs is 9. The highest BCUT2D eigenvalue weighted by atomic mass is 35.5. The van der Waals surface area contributed by atoms with Crippen LogP contribution in [0.25, 0.3) is 0 Å². The maximum absolute atomic E-state index is 13.5. The van der Waals surface area contributed by atoms with Gasteiger partial charge in [-0.1, -0.05) is 36.4 Å². The maximum Gasteiger partial charge on any atom is 0.312 e. The van der Waals surface area contributed by atoms with Crippen LogP contribution in [0.15, 0.2) is 36.4 Å². The molecule has 0 aliphatic carbocycles. The lowest BCUT2D eigenvalue weighted by molar-refractivity contribution is -0.134. The minimum atomic E-state index is -0.568. The number of piperazine rings is 1. The molecule has 1 saturated heterocycles. The molecule has 4 aliphatic rings. The Balaban J connectivity index is 1.38. The SMILES string of the molecule is COCOc1c(OC)c(C)cc2c1[C@@H]1C3Cc4c(OC(=O)CCCl)c(C)c5c(c4[C@H](CNC(=O)CCc4ccccc4)N3[C@@H](C#N)[C@H](C2)N1C)OCO5. The Morgan fingerprint density at radius 1 is 1.02 bits per heavy atom. The van der Waals surface area contributed by atoms with Gasteiger partial charge in [0, 0.05) is 60.3 Å². The Labute approximate surface area is 314 Å². The number of carbonyl (C=O) groups excluding carboxylic acids is 2. The minimum absolute atomic E-state index is 0.0103.